The topological polar surface area (TPSA) is 93.1 Å². The monoisotopic (exact) mass is 737 g/mol. The van der Waals surface area contributed by atoms with Crippen LogP contribution in [0.4, 0.5) is 0 Å². The Morgan fingerprint density at radius 3 is 2.07 bits per heavy atom. The third-order valence-corrected chi connectivity index (χ3v) is 9.68. The van der Waals surface area contributed by atoms with Gasteiger partial charge in [-0.05, 0) is 76.1 Å². The zero-order valence-corrected chi connectivity index (χ0v) is 28.4. The Kier molecular flexibility index (Phi) is 8.70. The molecule has 1 N–H and O–H groups in total. The lowest BCUT2D eigenvalue weighted by Gasteiger charge is -2.48. The largest absolute Gasteiger partial charge is 0.493 e. The van der Waals surface area contributed by atoms with E-state index in [1.165, 1.54) is 0 Å². The van der Waals surface area contributed by atoms with Gasteiger partial charge in [0.15, 0.2) is 23.1 Å². The van der Waals surface area contributed by atoms with Gasteiger partial charge in [-0.1, -0.05) is 57.0 Å². The Morgan fingerprint density at radius 1 is 0.977 bits per heavy atom. The molecule has 2 aliphatic carbocycles. The van der Waals surface area contributed by atoms with Crippen molar-refractivity contribution in [1.82, 2.24) is 4.90 Å². The van der Waals surface area contributed by atoms with E-state index in [-0.39, 0.29) is 35.5 Å². The van der Waals surface area contributed by atoms with Crippen molar-refractivity contribution in [2.24, 2.45) is 10.8 Å². The quantitative estimate of drug-likeness (QED) is 0.289. The fraction of sp³-hybridized carbons (Fsp3) is 0.424. The molecular weight excluding hydrogens is 704 g/mol. The minimum Gasteiger partial charge on any atom is -0.493 e. The molecule has 7 nitrogen and oxygen atoms in total. The third-order valence-electron chi connectivity index (χ3n) is 8.29. The van der Waals surface area contributed by atoms with Gasteiger partial charge in [-0.3, -0.25) is 14.4 Å². The fourth-order valence-electron chi connectivity index (χ4n) is 6.54. The molecule has 2 aromatic rings. The fourth-order valence-corrected chi connectivity index (χ4v) is 7.79. The van der Waals surface area contributed by atoms with Gasteiger partial charge in [-0.2, -0.15) is 0 Å². The molecular formula is C33H34Cl2INO6. The molecule has 0 amide bonds. The van der Waals surface area contributed by atoms with Crippen LogP contribution < -0.4 is 9.47 Å². The summed E-state index contributed by atoms with van der Waals surface area (Å²) in [6.07, 6.45) is 1.67. The number of carbonyl (C=O) groups is 3. The van der Waals surface area contributed by atoms with Gasteiger partial charge in [0.25, 0.3) is 0 Å². The molecule has 0 spiro atoms. The van der Waals surface area contributed by atoms with E-state index in [1.54, 1.807) is 30.2 Å². The maximum absolute atomic E-state index is 13.9. The number of allylic oxidation sites excluding steroid dienone is 4. The first kappa shape index (κ1) is 31.9. The number of aliphatic carboxylic acids is 1. The van der Waals surface area contributed by atoms with Crippen molar-refractivity contribution in [3.05, 3.63) is 77.6 Å². The second-order valence-electron chi connectivity index (χ2n) is 13.1. The van der Waals surface area contributed by atoms with E-state index in [2.05, 4.69) is 22.6 Å². The predicted octanol–water partition coefficient (Wildman–Crippen LogP) is 7.96. The highest BCUT2D eigenvalue weighted by Gasteiger charge is 2.49. The van der Waals surface area contributed by atoms with Gasteiger partial charge in [0.05, 0.1) is 10.7 Å². The van der Waals surface area contributed by atoms with E-state index >= 15 is 0 Å². The van der Waals surface area contributed by atoms with E-state index in [9.17, 15) is 19.5 Å². The molecule has 0 unspecified atom stereocenters. The Hall–Kier alpha value is -2.56. The van der Waals surface area contributed by atoms with Crippen molar-refractivity contribution in [3.63, 3.8) is 0 Å². The molecule has 1 heterocycles. The zero-order valence-electron chi connectivity index (χ0n) is 24.8. The summed E-state index contributed by atoms with van der Waals surface area (Å²) in [5.41, 5.74) is 3.20. The number of halogens is 3. The van der Waals surface area contributed by atoms with Crippen molar-refractivity contribution < 1.29 is 29.0 Å². The van der Waals surface area contributed by atoms with E-state index < -0.39 is 11.9 Å². The molecule has 43 heavy (non-hydrogen) atoms. The molecule has 0 bridgehead atoms. The van der Waals surface area contributed by atoms with Gasteiger partial charge in [0.1, 0.15) is 13.2 Å². The highest BCUT2D eigenvalue weighted by Crippen LogP contribution is 2.55. The number of nitrogens with zero attached hydrogens (tertiary/aromatic N) is 1. The molecule has 2 aromatic carbocycles. The third kappa shape index (κ3) is 6.33. The SMILES string of the molecule is COc1cc(C2C3=C(CC(C)(C)CC3=O)N(CC(=O)O)C3=C2C(=O)CC(C)(C)C3)cc(I)c1OCc1ccc(Cl)cc1Cl. The standard InChI is InChI=1S/C33H34Cl2INO6/c1-32(2)11-22-29(24(38)13-32)28(30-23(37(22)15-27(40)41)12-33(3,4)14-25(30)39)18-8-21(36)31(26(9-18)42-5)43-16-17-6-7-19(34)10-20(17)35/h6-10,28H,11-16H2,1-5H3,(H,40,41). The first-order valence-electron chi connectivity index (χ1n) is 14.1. The van der Waals surface area contributed by atoms with Crippen molar-refractivity contribution >= 4 is 63.3 Å². The van der Waals surface area contributed by atoms with Crippen molar-refractivity contribution in [2.45, 2.75) is 65.9 Å². The summed E-state index contributed by atoms with van der Waals surface area (Å²) >= 11 is 14.6. The van der Waals surface area contributed by atoms with Crippen LogP contribution in [0.1, 0.15) is 70.4 Å². The Balaban J connectivity index is 1.66. The Labute approximate surface area is 275 Å². The molecule has 5 rings (SSSR count). The predicted molar refractivity (Wildman–Crippen MR) is 174 cm³/mol. The summed E-state index contributed by atoms with van der Waals surface area (Å²) in [5, 5.41) is 10.9. The number of carboxylic acids is 1. The number of ketones is 2. The average molecular weight is 738 g/mol. The molecule has 0 fully saturated rings. The minimum atomic E-state index is -1.01. The van der Waals surface area contributed by atoms with E-state index in [1.807, 2.05) is 39.8 Å². The number of carboxylic acid groups (broad SMARTS) is 1. The second kappa shape index (κ2) is 11.7. The molecule has 0 saturated carbocycles. The van der Waals surface area contributed by atoms with Gasteiger partial charge < -0.3 is 19.5 Å². The highest BCUT2D eigenvalue weighted by atomic mass is 127. The highest BCUT2D eigenvalue weighted by molar-refractivity contribution is 14.1. The number of methoxy groups -OCH3 is 1. The zero-order chi connectivity index (χ0) is 31.4. The van der Waals surface area contributed by atoms with Crippen LogP contribution in [-0.4, -0.2) is 41.2 Å². The smallest absolute Gasteiger partial charge is 0.323 e. The van der Waals surface area contributed by atoms with Crippen LogP contribution in [0, 0.1) is 14.4 Å². The van der Waals surface area contributed by atoms with Crippen LogP contribution in [0.25, 0.3) is 0 Å². The van der Waals surface area contributed by atoms with Gasteiger partial charge in [-0.15, -0.1) is 0 Å². The molecule has 0 saturated heterocycles. The number of carbonyl (C=O) groups excluding carboxylic acids is 2. The van der Waals surface area contributed by atoms with Crippen molar-refractivity contribution in [3.8, 4) is 11.5 Å². The number of Topliss-reactive ketones (excluding diaryl/α,β-unsaturated/α-hetero) is 2. The first-order valence-corrected chi connectivity index (χ1v) is 15.9. The van der Waals surface area contributed by atoms with Crippen molar-refractivity contribution in [2.75, 3.05) is 13.7 Å². The van der Waals surface area contributed by atoms with Gasteiger partial charge in [0.2, 0.25) is 0 Å². The lowest BCUT2D eigenvalue weighted by atomic mass is 9.63. The maximum Gasteiger partial charge on any atom is 0.323 e. The number of rotatable bonds is 7. The minimum absolute atomic E-state index is 0.0671. The van der Waals surface area contributed by atoms with Crippen LogP contribution in [0.15, 0.2) is 52.9 Å². The van der Waals surface area contributed by atoms with Crippen molar-refractivity contribution in [1.29, 1.82) is 0 Å². The van der Waals surface area contributed by atoms with Gasteiger partial charge >= 0.3 is 5.97 Å². The summed E-state index contributed by atoms with van der Waals surface area (Å²) in [6.45, 7) is 7.96. The summed E-state index contributed by atoms with van der Waals surface area (Å²) in [5.74, 6) is -0.815. The van der Waals surface area contributed by atoms with Crippen LogP contribution in [0.3, 0.4) is 0 Å². The Morgan fingerprint density at radius 2 is 1.56 bits per heavy atom. The number of benzene rings is 2. The summed E-state index contributed by atoms with van der Waals surface area (Å²) in [7, 11) is 1.55. The lowest BCUT2D eigenvalue weighted by Crippen LogP contribution is -2.45. The van der Waals surface area contributed by atoms with Gasteiger partial charge in [0, 0.05) is 56.9 Å². The Bertz CT molecular complexity index is 1550. The van der Waals surface area contributed by atoms with Crippen LogP contribution in [0.5, 0.6) is 11.5 Å². The molecule has 0 radical (unpaired) electrons. The van der Waals surface area contributed by atoms with Crippen LogP contribution in [-0.2, 0) is 21.0 Å². The van der Waals surface area contributed by atoms with Crippen LogP contribution >= 0.6 is 45.8 Å². The van der Waals surface area contributed by atoms with Crippen LogP contribution in [0.2, 0.25) is 10.0 Å². The summed E-state index contributed by atoms with van der Waals surface area (Å²) < 4.78 is 12.7. The van der Waals surface area contributed by atoms with E-state index in [0.717, 1.165) is 14.7 Å². The van der Waals surface area contributed by atoms with E-state index in [0.29, 0.717) is 69.8 Å². The number of hydrogen-bond donors (Lipinski definition) is 1. The number of hydrogen-bond acceptors (Lipinski definition) is 6. The maximum atomic E-state index is 13.9. The summed E-state index contributed by atoms with van der Waals surface area (Å²) in [6, 6.07) is 8.96. The molecule has 0 atom stereocenters. The normalized spacial score (nSPS) is 19.8. The molecule has 10 heteroatoms. The molecule has 3 aliphatic rings. The lowest BCUT2D eigenvalue weighted by molar-refractivity contribution is -0.138. The molecule has 1 aliphatic heterocycles. The molecule has 228 valence electrons. The number of ether oxygens (including phenoxy) is 2. The molecule has 0 aromatic heterocycles. The van der Waals surface area contributed by atoms with Gasteiger partial charge in [-0.25, -0.2) is 0 Å². The first-order chi connectivity index (χ1) is 20.1. The average Bonchev–Trinajstić information content (AvgIpc) is 2.87. The van der Waals surface area contributed by atoms with E-state index in [4.69, 9.17) is 32.7 Å². The second-order valence-corrected chi connectivity index (χ2v) is 15.1. The summed E-state index contributed by atoms with van der Waals surface area (Å²) in [4.78, 5) is 41.8.